The molecule has 0 atom stereocenters. The van der Waals surface area contributed by atoms with Crippen LogP contribution in [0.1, 0.15) is 29.7 Å². The number of amides is 1. The number of aromatic nitrogens is 2. The van der Waals surface area contributed by atoms with Crippen LogP contribution in [0.25, 0.3) is 0 Å². The zero-order valence-electron chi connectivity index (χ0n) is 12.6. The number of carbonyl (C=O) groups excluding carboxylic acids is 1. The van der Waals surface area contributed by atoms with Gasteiger partial charge >= 0.3 is 0 Å². The number of rotatable bonds is 4. The minimum atomic E-state index is -0.205. The highest BCUT2D eigenvalue weighted by atomic mass is 16.5. The largest absolute Gasteiger partial charge is 0.483 e. The molecule has 0 saturated heterocycles. The van der Waals surface area contributed by atoms with Gasteiger partial charge in [-0.2, -0.15) is 0 Å². The molecule has 2 aromatic heterocycles. The van der Waals surface area contributed by atoms with Crippen LogP contribution in [-0.4, -0.2) is 22.5 Å². The van der Waals surface area contributed by atoms with Gasteiger partial charge in [-0.25, -0.2) is 4.98 Å². The van der Waals surface area contributed by atoms with Crippen LogP contribution in [0.4, 0.5) is 5.82 Å². The lowest BCUT2D eigenvalue weighted by molar-refractivity contribution is -0.118. The molecular weight excluding hydrogens is 278 g/mol. The fourth-order valence-corrected chi connectivity index (χ4v) is 2.66. The Hall–Kier alpha value is -2.43. The van der Waals surface area contributed by atoms with Gasteiger partial charge in [-0.3, -0.25) is 9.78 Å². The van der Waals surface area contributed by atoms with E-state index in [2.05, 4.69) is 15.3 Å². The van der Waals surface area contributed by atoms with E-state index < -0.39 is 0 Å². The van der Waals surface area contributed by atoms with Crippen molar-refractivity contribution < 1.29 is 9.53 Å². The van der Waals surface area contributed by atoms with E-state index >= 15 is 0 Å². The van der Waals surface area contributed by atoms with Crippen molar-refractivity contribution in [3.63, 3.8) is 0 Å². The Morgan fingerprint density at radius 1 is 1.23 bits per heavy atom. The van der Waals surface area contributed by atoms with E-state index in [0.717, 1.165) is 41.8 Å². The molecule has 22 heavy (non-hydrogen) atoms. The molecule has 0 aliphatic heterocycles. The summed E-state index contributed by atoms with van der Waals surface area (Å²) in [5.41, 5.74) is 3.18. The number of hydrogen-bond acceptors (Lipinski definition) is 4. The van der Waals surface area contributed by atoms with Crippen LogP contribution in [0, 0.1) is 6.92 Å². The first-order valence-electron chi connectivity index (χ1n) is 7.55. The summed E-state index contributed by atoms with van der Waals surface area (Å²) in [6.07, 6.45) is 7.69. The average Bonchev–Trinajstić information content (AvgIpc) is 2.55. The molecule has 114 valence electrons. The van der Waals surface area contributed by atoms with E-state index in [1.807, 2.05) is 25.1 Å². The van der Waals surface area contributed by atoms with E-state index in [-0.39, 0.29) is 12.5 Å². The Kier molecular flexibility index (Phi) is 4.32. The van der Waals surface area contributed by atoms with Gasteiger partial charge < -0.3 is 10.1 Å². The first-order chi connectivity index (χ1) is 10.7. The minimum Gasteiger partial charge on any atom is -0.483 e. The predicted octanol–water partition coefficient (Wildman–Crippen LogP) is 2.68. The highest BCUT2D eigenvalue weighted by Crippen LogP contribution is 2.27. The lowest BCUT2D eigenvalue weighted by atomic mass is 9.95. The number of ether oxygens (including phenoxy) is 1. The number of hydrogen-bond donors (Lipinski definition) is 1. The third-order valence-electron chi connectivity index (χ3n) is 3.82. The number of carbonyl (C=O) groups is 1. The Labute approximate surface area is 129 Å². The number of pyridine rings is 2. The van der Waals surface area contributed by atoms with Gasteiger partial charge in [0.25, 0.3) is 5.91 Å². The minimum absolute atomic E-state index is 0.0214. The zero-order chi connectivity index (χ0) is 15.4. The second-order valence-electron chi connectivity index (χ2n) is 5.45. The maximum absolute atomic E-state index is 12.0. The van der Waals surface area contributed by atoms with Crippen LogP contribution in [0.15, 0.2) is 30.6 Å². The highest BCUT2D eigenvalue weighted by molar-refractivity contribution is 5.91. The maximum atomic E-state index is 12.0. The van der Waals surface area contributed by atoms with Crippen molar-refractivity contribution in [1.29, 1.82) is 0 Å². The molecular formula is C17H19N3O2. The molecule has 1 amide bonds. The van der Waals surface area contributed by atoms with E-state index in [4.69, 9.17) is 4.74 Å². The van der Waals surface area contributed by atoms with Crippen molar-refractivity contribution in [1.82, 2.24) is 9.97 Å². The van der Waals surface area contributed by atoms with Crippen LogP contribution in [0.5, 0.6) is 5.75 Å². The van der Waals surface area contributed by atoms with Crippen LogP contribution >= 0.6 is 0 Å². The number of nitrogens with zero attached hydrogens (tertiary/aromatic N) is 2. The SMILES string of the molecule is Cc1cccnc1NC(=O)COc1ccnc2c1CCCC2. The monoisotopic (exact) mass is 297 g/mol. The van der Waals surface area contributed by atoms with Gasteiger partial charge in [-0.05, 0) is 50.3 Å². The van der Waals surface area contributed by atoms with Crippen molar-refractivity contribution in [3.8, 4) is 5.75 Å². The van der Waals surface area contributed by atoms with Crippen molar-refractivity contribution in [3.05, 3.63) is 47.4 Å². The Bertz CT molecular complexity index is 685. The molecule has 1 aliphatic carbocycles. The summed E-state index contributed by atoms with van der Waals surface area (Å²) >= 11 is 0. The Morgan fingerprint density at radius 3 is 2.95 bits per heavy atom. The van der Waals surface area contributed by atoms with Crippen LogP contribution in [0.2, 0.25) is 0 Å². The summed E-state index contributed by atoms with van der Waals surface area (Å²) in [4.78, 5) is 20.6. The molecule has 5 nitrogen and oxygen atoms in total. The molecule has 0 unspecified atom stereocenters. The lowest BCUT2D eigenvalue weighted by Gasteiger charge is -2.18. The molecule has 2 heterocycles. The third kappa shape index (κ3) is 3.24. The second-order valence-corrected chi connectivity index (χ2v) is 5.45. The van der Waals surface area contributed by atoms with Gasteiger partial charge in [0.1, 0.15) is 11.6 Å². The lowest BCUT2D eigenvalue weighted by Crippen LogP contribution is -2.22. The highest BCUT2D eigenvalue weighted by Gasteiger charge is 2.16. The number of nitrogens with one attached hydrogen (secondary N) is 1. The molecule has 1 N–H and O–H groups in total. The maximum Gasteiger partial charge on any atom is 0.263 e. The Morgan fingerprint density at radius 2 is 2.09 bits per heavy atom. The van der Waals surface area contributed by atoms with Gasteiger partial charge in [-0.1, -0.05) is 6.07 Å². The quantitative estimate of drug-likeness (QED) is 0.942. The van der Waals surface area contributed by atoms with Gasteiger partial charge in [-0.15, -0.1) is 0 Å². The van der Waals surface area contributed by atoms with Crippen LogP contribution in [-0.2, 0) is 17.6 Å². The molecule has 3 rings (SSSR count). The number of aryl methyl sites for hydroxylation is 2. The van der Waals surface area contributed by atoms with Crippen molar-refractivity contribution in [2.45, 2.75) is 32.6 Å². The van der Waals surface area contributed by atoms with Gasteiger partial charge in [0.15, 0.2) is 6.61 Å². The first kappa shape index (κ1) is 14.5. The average molecular weight is 297 g/mol. The number of fused-ring (bicyclic) bond motifs is 1. The Balaban J connectivity index is 1.63. The molecule has 2 aromatic rings. The topological polar surface area (TPSA) is 64.1 Å². The summed E-state index contributed by atoms with van der Waals surface area (Å²) in [5, 5.41) is 2.77. The second kappa shape index (κ2) is 6.56. The third-order valence-corrected chi connectivity index (χ3v) is 3.82. The molecule has 0 bridgehead atoms. The molecule has 0 radical (unpaired) electrons. The smallest absolute Gasteiger partial charge is 0.263 e. The van der Waals surface area contributed by atoms with Gasteiger partial charge in [0.2, 0.25) is 0 Å². The summed E-state index contributed by atoms with van der Waals surface area (Å²) in [6.45, 7) is 1.88. The molecule has 0 aromatic carbocycles. The molecule has 0 fully saturated rings. The summed E-state index contributed by atoms with van der Waals surface area (Å²) in [5.74, 6) is 1.15. The van der Waals surface area contributed by atoms with E-state index in [0.29, 0.717) is 5.82 Å². The molecule has 1 aliphatic rings. The first-order valence-corrected chi connectivity index (χ1v) is 7.55. The molecule has 5 heteroatoms. The van der Waals surface area contributed by atoms with Crippen molar-refractivity contribution in [2.75, 3.05) is 11.9 Å². The van der Waals surface area contributed by atoms with E-state index in [1.54, 1.807) is 12.4 Å². The fraction of sp³-hybridized carbons (Fsp3) is 0.353. The van der Waals surface area contributed by atoms with Crippen LogP contribution in [0.3, 0.4) is 0 Å². The predicted molar refractivity (Wildman–Crippen MR) is 84.0 cm³/mol. The van der Waals surface area contributed by atoms with Crippen molar-refractivity contribution >= 4 is 11.7 Å². The molecule has 0 saturated carbocycles. The van der Waals surface area contributed by atoms with Gasteiger partial charge in [0.05, 0.1) is 0 Å². The van der Waals surface area contributed by atoms with Crippen LogP contribution < -0.4 is 10.1 Å². The number of anilines is 1. The standard InChI is InChI=1S/C17H19N3O2/c1-12-5-4-9-19-17(12)20-16(21)11-22-15-8-10-18-14-7-3-2-6-13(14)15/h4-5,8-10H,2-3,6-7,11H2,1H3,(H,19,20,21). The van der Waals surface area contributed by atoms with Crippen molar-refractivity contribution in [2.24, 2.45) is 0 Å². The zero-order valence-corrected chi connectivity index (χ0v) is 12.6. The fourth-order valence-electron chi connectivity index (χ4n) is 2.66. The summed E-state index contributed by atoms with van der Waals surface area (Å²) < 4.78 is 5.70. The molecule has 0 spiro atoms. The van der Waals surface area contributed by atoms with E-state index in [9.17, 15) is 4.79 Å². The normalized spacial score (nSPS) is 13.3. The van der Waals surface area contributed by atoms with Gasteiger partial charge in [0, 0.05) is 23.7 Å². The summed E-state index contributed by atoms with van der Waals surface area (Å²) in [6, 6.07) is 5.58. The summed E-state index contributed by atoms with van der Waals surface area (Å²) in [7, 11) is 0. The van der Waals surface area contributed by atoms with E-state index in [1.165, 1.54) is 6.42 Å².